The second kappa shape index (κ2) is 25.0. The van der Waals surface area contributed by atoms with E-state index < -0.39 is 56.2 Å². The van der Waals surface area contributed by atoms with Crippen LogP contribution in [-0.4, -0.2) is 70.0 Å². The number of rotatable bonds is 11. The van der Waals surface area contributed by atoms with Crippen molar-refractivity contribution >= 4 is 26.9 Å². The Morgan fingerprint density at radius 3 is 2.47 bits per heavy atom. The average molecular weight is 1320 g/mol. The summed E-state index contributed by atoms with van der Waals surface area (Å²) in [5.74, 6) is 5.00. The van der Waals surface area contributed by atoms with Crippen LogP contribution in [0.4, 0.5) is 0 Å². The molecule has 0 spiro atoms. The number of nitrogens with two attached hydrogens (primary N) is 2. The van der Waals surface area contributed by atoms with Crippen molar-refractivity contribution in [2.75, 3.05) is 13.7 Å². The van der Waals surface area contributed by atoms with E-state index in [-0.39, 0.29) is 78.7 Å². The fourth-order valence-electron chi connectivity index (χ4n) is 20.2. The Bertz CT molecular complexity index is 4520. The number of guanidine groups is 1. The lowest BCUT2D eigenvalue weighted by molar-refractivity contribution is -0.0834. The summed E-state index contributed by atoms with van der Waals surface area (Å²) in [6.07, 6.45) is 15.0. The van der Waals surface area contributed by atoms with Crippen molar-refractivity contribution in [3.8, 4) is 23.3 Å². The number of hydrogen-bond acceptors (Lipinski definition) is 10. The molecule has 0 amide bonds. The first-order valence-corrected chi connectivity index (χ1v) is 37.2. The molecule has 16 atom stereocenters. The van der Waals surface area contributed by atoms with Gasteiger partial charge in [-0.15, -0.1) is 0 Å². The summed E-state index contributed by atoms with van der Waals surface area (Å²) in [6.45, 7) is 2.84. The van der Waals surface area contributed by atoms with Gasteiger partial charge in [-0.2, -0.15) is 8.42 Å². The van der Waals surface area contributed by atoms with Gasteiger partial charge in [0.05, 0.1) is 17.0 Å². The van der Waals surface area contributed by atoms with E-state index in [1.807, 2.05) is 49.5 Å². The number of allylic oxidation sites excluding steroid dienone is 2. The first kappa shape index (κ1) is 64.1. The maximum Gasteiger partial charge on any atom is 0.268 e. The SMILES string of the molecule is CNCc1cc2cccc3c2c2c1CCc1cc(C4CCCC(O)(C(Cc5ccccc5)CC5(N=C(N)N)Oc6ccc7c(c6)CCC(C)C7CC(S(=O)(=O)O)C6C=C7CC(CC8CC(CO)CC#Cc9cc(O)ccc9C7O8)C6c6ccc5cc6)C4)ccc1C1(O)C=CC3CC21. The highest BCUT2D eigenvalue weighted by molar-refractivity contribution is 7.86. The largest absolute Gasteiger partial charge is 0.508 e. The Kier molecular flexibility index (Phi) is 16.5. The molecule has 6 aliphatic carbocycles. The maximum atomic E-state index is 14.6. The van der Waals surface area contributed by atoms with Gasteiger partial charge in [-0.05, 0) is 246 Å². The van der Waals surface area contributed by atoms with E-state index in [0.29, 0.717) is 61.8 Å². The molecule has 0 aromatic heterocycles. The van der Waals surface area contributed by atoms with Gasteiger partial charge in [0.25, 0.3) is 10.1 Å². The number of aromatic hydroxyl groups is 1. The van der Waals surface area contributed by atoms with Gasteiger partial charge in [0, 0.05) is 60.4 Å². The zero-order chi connectivity index (χ0) is 66.7. The molecule has 7 aromatic carbocycles. The third-order valence-corrected chi connectivity index (χ3v) is 26.0. The minimum atomic E-state index is -4.73. The van der Waals surface area contributed by atoms with Gasteiger partial charge in [-0.3, -0.25) is 4.55 Å². The fourth-order valence-corrected chi connectivity index (χ4v) is 21.3. The molecule has 10 N–H and O–H groups in total. The number of nitrogens with one attached hydrogen (secondary N) is 1. The number of aliphatic hydroxyl groups excluding tert-OH is 1. The fraction of sp³-hybridized carbons (Fsp3) is 0.434. The van der Waals surface area contributed by atoms with Crippen molar-refractivity contribution in [1.82, 2.24) is 5.32 Å². The van der Waals surface area contributed by atoms with E-state index >= 15 is 0 Å². The number of phenols is 1. The van der Waals surface area contributed by atoms with Crippen LogP contribution in [0.25, 0.3) is 10.8 Å². The molecule has 2 fully saturated rings. The predicted molar refractivity (Wildman–Crippen MR) is 379 cm³/mol. The van der Waals surface area contributed by atoms with Crippen LogP contribution in [0, 0.1) is 41.4 Å². The summed E-state index contributed by atoms with van der Waals surface area (Å²) in [5, 5.41) is 53.9. The maximum absolute atomic E-state index is 14.6. The molecule has 5 aliphatic heterocycles. The smallest absolute Gasteiger partial charge is 0.268 e. The summed E-state index contributed by atoms with van der Waals surface area (Å²) in [6, 6.07) is 45.6. The minimum Gasteiger partial charge on any atom is -0.508 e. The molecule has 18 rings (SSSR count). The monoisotopic (exact) mass is 1320 g/mol. The van der Waals surface area contributed by atoms with Crippen molar-refractivity contribution in [3.05, 3.63) is 235 Å². The van der Waals surface area contributed by atoms with Crippen LogP contribution in [0.3, 0.4) is 0 Å². The van der Waals surface area contributed by atoms with Crippen LogP contribution >= 0.6 is 0 Å². The highest BCUT2D eigenvalue weighted by Crippen LogP contribution is 2.60. The molecule has 97 heavy (non-hydrogen) atoms. The zero-order valence-corrected chi connectivity index (χ0v) is 56.4. The molecule has 14 heteroatoms. The summed E-state index contributed by atoms with van der Waals surface area (Å²) in [5.41, 5.74) is 24.9. The number of benzene rings is 7. The first-order valence-electron chi connectivity index (χ1n) is 35.7. The Labute approximate surface area is 570 Å². The van der Waals surface area contributed by atoms with Crippen LogP contribution in [-0.2, 0) is 58.4 Å². The van der Waals surface area contributed by atoms with Crippen molar-refractivity contribution in [2.45, 2.75) is 180 Å². The lowest BCUT2D eigenvalue weighted by Crippen LogP contribution is -2.48. The van der Waals surface area contributed by atoms with E-state index in [0.717, 1.165) is 102 Å². The second-order valence-corrected chi connectivity index (χ2v) is 32.1. The van der Waals surface area contributed by atoms with E-state index in [1.165, 1.54) is 33.0 Å². The molecule has 7 aromatic rings. The van der Waals surface area contributed by atoms with Crippen LogP contribution in [0.15, 0.2) is 162 Å². The molecule has 1 saturated carbocycles. The van der Waals surface area contributed by atoms with E-state index in [4.69, 9.17) is 25.9 Å². The number of nitrogens with zero attached hydrogens (tertiary/aromatic N) is 1. The van der Waals surface area contributed by atoms with Gasteiger partial charge in [-0.1, -0.05) is 140 Å². The van der Waals surface area contributed by atoms with Gasteiger partial charge >= 0.3 is 0 Å². The Morgan fingerprint density at radius 1 is 0.845 bits per heavy atom. The lowest BCUT2D eigenvalue weighted by atomic mass is 9.60. The van der Waals surface area contributed by atoms with Gasteiger partial charge in [-0.25, -0.2) is 4.99 Å². The van der Waals surface area contributed by atoms with Crippen LogP contribution in [0.2, 0.25) is 0 Å². The predicted octanol–water partition coefficient (Wildman–Crippen LogP) is 13.5. The van der Waals surface area contributed by atoms with E-state index in [1.54, 1.807) is 12.1 Å². The van der Waals surface area contributed by atoms with Crippen LogP contribution < -0.4 is 21.5 Å². The number of aliphatic imine (C=N–C) groups is 1. The Hall–Kier alpha value is -7.58. The molecule has 16 unspecified atom stereocenters. The number of hydrogen-bond donors (Lipinski definition) is 8. The number of aryl methyl sites for hydroxylation is 2. The number of ether oxygens (including phenoxy) is 2. The summed E-state index contributed by atoms with van der Waals surface area (Å²) in [7, 11) is -2.72. The zero-order valence-electron chi connectivity index (χ0n) is 55.5. The summed E-state index contributed by atoms with van der Waals surface area (Å²) >= 11 is 0. The molecule has 13 nitrogen and oxygen atoms in total. The molecule has 1 saturated heterocycles. The number of aliphatic hydroxyl groups is 3. The third kappa shape index (κ3) is 11.5. The van der Waals surface area contributed by atoms with Gasteiger partial charge < -0.3 is 46.7 Å². The average Bonchev–Trinajstić information content (AvgIpc) is 1.05. The molecule has 12 bridgehead atoms. The standard InChI is InChI=1S/C83H90N4O9S/c1-48-16-17-54-39-65-25-28-67(54)71(48)43-75(97(92,93)94)72-41-60-37-59(40-66-34-50(47-88)11-6-12-53-38-64(89)24-27-70(53)79(60)95-66)76(72)51-18-22-62(23-19-51)83(96-65,87-80(84)85)45-63(33-49-9-4-3-5-10-49)81(90)31-8-14-58(44-81)52-21-29-73-56(35-52)20-26-69-61(46-86-2)36-57-13-7-15-68-55-30-32-82(73,91)74(42-55)78(69)77(57)68/h3-5,7,9-10,13,15,18-19,21-25,27-30,32,35-36,38-39,41,48,50,55,58-59,63,66,71-72,74-76,79,86,88-91H,8,11,14,16-17,20,26,31,33-34,37,40,42-47H2,1-2H3,(H4,84,85,87)(H,92,93,94). The minimum absolute atomic E-state index is 0.0164. The highest BCUT2D eigenvalue weighted by Gasteiger charge is 2.53. The molecular weight excluding hydrogens is 1230 g/mol. The molecule has 0 radical (unpaired) electrons. The van der Waals surface area contributed by atoms with Gasteiger partial charge in [0.1, 0.15) is 23.2 Å². The van der Waals surface area contributed by atoms with Gasteiger partial charge in [0.15, 0.2) is 5.96 Å². The Morgan fingerprint density at radius 2 is 1.67 bits per heavy atom. The third-order valence-electron chi connectivity index (χ3n) is 24.8. The highest BCUT2D eigenvalue weighted by atomic mass is 32.2. The molecule has 5 heterocycles. The normalized spacial score (nSPS) is 31.6. The van der Waals surface area contributed by atoms with Crippen molar-refractivity contribution in [2.24, 2.45) is 46.0 Å². The quantitative estimate of drug-likeness (QED) is 0.0199. The van der Waals surface area contributed by atoms with Crippen molar-refractivity contribution in [1.29, 1.82) is 0 Å². The number of phenolic OH excluding ortho intramolecular Hbond substituents is 1. The summed E-state index contributed by atoms with van der Waals surface area (Å²) < 4.78 is 56.0. The van der Waals surface area contributed by atoms with Crippen LogP contribution in [0.1, 0.15) is 198 Å². The van der Waals surface area contributed by atoms with Crippen molar-refractivity contribution < 1.29 is 42.9 Å². The van der Waals surface area contributed by atoms with Gasteiger partial charge in [0.2, 0.25) is 5.72 Å². The topological polar surface area (TPSA) is 230 Å². The Balaban J connectivity index is 0.805. The van der Waals surface area contributed by atoms with Crippen LogP contribution in [0.5, 0.6) is 11.5 Å². The van der Waals surface area contributed by atoms with E-state index in [9.17, 15) is 33.4 Å². The first-order chi connectivity index (χ1) is 46.9. The van der Waals surface area contributed by atoms with E-state index in [2.05, 4.69) is 121 Å². The molecule has 502 valence electrons. The number of fused-ring (bicyclic) bond motifs is 12. The summed E-state index contributed by atoms with van der Waals surface area (Å²) in [4.78, 5) is 5.26. The molecule has 11 aliphatic rings. The molecular formula is C83H90N4O9S. The second-order valence-electron chi connectivity index (χ2n) is 30.4. The van der Waals surface area contributed by atoms with Crippen molar-refractivity contribution in [3.63, 3.8) is 0 Å². The lowest BCUT2D eigenvalue weighted by Gasteiger charge is -2.47.